The molecule has 0 radical (unpaired) electrons. The largest absolute Gasteiger partial charge is 0.355 e. The number of hydrogen-bond donors (Lipinski definition) is 2. The highest BCUT2D eigenvalue weighted by Gasteiger charge is 2.24. The van der Waals surface area contributed by atoms with Crippen molar-refractivity contribution in [3.63, 3.8) is 0 Å². The molecule has 3 N–H and O–H groups in total. The lowest BCUT2D eigenvalue weighted by molar-refractivity contribution is -0.121. The van der Waals surface area contributed by atoms with E-state index in [1.165, 1.54) is 38.5 Å². The van der Waals surface area contributed by atoms with Crippen LogP contribution in [0.5, 0.6) is 0 Å². The molecule has 3 heteroatoms. The maximum Gasteiger partial charge on any atom is 0.220 e. The molecule has 0 aromatic rings. The van der Waals surface area contributed by atoms with Gasteiger partial charge in [0.25, 0.3) is 0 Å². The lowest BCUT2D eigenvalue weighted by atomic mass is 9.82. The van der Waals surface area contributed by atoms with Crippen molar-refractivity contribution in [3.05, 3.63) is 0 Å². The Labute approximate surface area is 126 Å². The van der Waals surface area contributed by atoms with E-state index in [9.17, 15) is 4.79 Å². The Morgan fingerprint density at radius 3 is 2.00 bits per heavy atom. The summed E-state index contributed by atoms with van der Waals surface area (Å²) in [6.45, 7) is 7.92. The molecule has 0 unspecified atom stereocenters. The van der Waals surface area contributed by atoms with Crippen LogP contribution in [0, 0.1) is 5.41 Å². The Morgan fingerprint density at radius 1 is 0.950 bits per heavy atom. The predicted octanol–water partition coefficient (Wildman–Crippen LogP) is 4.01. The molecule has 0 spiro atoms. The molecular formula is C17H36N2O. The SMILES string of the molecule is CCCCCCCCCC(=O)NCC(CC)(CC)CN. The van der Waals surface area contributed by atoms with Crippen LogP contribution < -0.4 is 11.1 Å². The number of nitrogens with one attached hydrogen (secondary N) is 1. The van der Waals surface area contributed by atoms with Gasteiger partial charge in [-0.05, 0) is 31.2 Å². The van der Waals surface area contributed by atoms with Gasteiger partial charge in [-0.25, -0.2) is 0 Å². The summed E-state index contributed by atoms with van der Waals surface area (Å²) in [6.07, 6.45) is 11.5. The van der Waals surface area contributed by atoms with Crippen LogP contribution in [0.4, 0.5) is 0 Å². The zero-order valence-corrected chi connectivity index (χ0v) is 14.0. The van der Waals surface area contributed by atoms with Gasteiger partial charge in [0.05, 0.1) is 0 Å². The predicted molar refractivity (Wildman–Crippen MR) is 87.7 cm³/mol. The monoisotopic (exact) mass is 284 g/mol. The summed E-state index contributed by atoms with van der Waals surface area (Å²) in [6, 6.07) is 0. The summed E-state index contributed by atoms with van der Waals surface area (Å²) in [5.41, 5.74) is 5.94. The van der Waals surface area contributed by atoms with Gasteiger partial charge in [-0.15, -0.1) is 0 Å². The molecule has 0 rings (SSSR count). The molecule has 20 heavy (non-hydrogen) atoms. The van der Waals surface area contributed by atoms with E-state index in [2.05, 4.69) is 26.1 Å². The van der Waals surface area contributed by atoms with E-state index in [0.29, 0.717) is 13.0 Å². The first-order valence-corrected chi connectivity index (χ1v) is 8.61. The van der Waals surface area contributed by atoms with Gasteiger partial charge in [-0.2, -0.15) is 0 Å². The van der Waals surface area contributed by atoms with Crippen molar-refractivity contribution < 1.29 is 4.79 Å². The zero-order valence-electron chi connectivity index (χ0n) is 14.0. The van der Waals surface area contributed by atoms with Gasteiger partial charge in [-0.1, -0.05) is 59.3 Å². The highest BCUT2D eigenvalue weighted by molar-refractivity contribution is 5.75. The van der Waals surface area contributed by atoms with E-state index in [1.54, 1.807) is 0 Å². The highest BCUT2D eigenvalue weighted by atomic mass is 16.1. The second-order valence-electron chi connectivity index (χ2n) is 6.06. The van der Waals surface area contributed by atoms with Crippen molar-refractivity contribution in [2.45, 2.75) is 85.0 Å². The standard InChI is InChI=1S/C17H36N2O/c1-4-7-8-9-10-11-12-13-16(20)19-15-17(5-2,6-3)14-18/h4-15,18H2,1-3H3,(H,19,20). The lowest BCUT2D eigenvalue weighted by Gasteiger charge is -2.30. The number of rotatable bonds is 13. The van der Waals surface area contributed by atoms with Crippen molar-refractivity contribution in [1.29, 1.82) is 0 Å². The zero-order chi connectivity index (χ0) is 15.3. The third kappa shape index (κ3) is 8.57. The number of carbonyl (C=O) groups is 1. The number of unbranched alkanes of at least 4 members (excludes halogenated alkanes) is 6. The van der Waals surface area contributed by atoms with E-state index in [4.69, 9.17) is 5.73 Å². The molecule has 0 aliphatic rings. The van der Waals surface area contributed by atoms with Crippen molar-refractivity contribution in [2.75, 3.05) is 13.1 Å². The maximum atomic E-state index is 11.8. The number of carbonyl (C=O) groups excluding carboxylic acids is 1. The van der Waals surface area contributed by atoms with Crippen LogP contribution in [0.25, 0.3) is 0 Å². The summed E-state index contributed by atoms with van der Waals surface area (Å²) in [5.74, 6) is 0.193. The molecule has 0 aliphatic heterocycles. The fourth-order valence-electron chi connectivity index (χ4n) is 2.48. The average Bonchev–Trinajstić information content (AvgIpc) is 2.48. The molecule has 0 fully saturated rings. The molecule has 0 heterocycles. The molecular weight excluding hydrogens is 248 g/mol. The maximum absolute atomic E-state index is 11.8. The third-order valence-electron chi connectivity index (χ3n) is 4.60. The third-order valence-corrected chi connectivity index (χ3v) is 4.60. The van der Waals surface area contributed by atoms with Crippen LogP contribution in [0.1, 0.15) is 85.0 Å². The molecule has 0 aromatic heterocycles. The second kappa shape index (κ2) is 12.2. The molecule has 120 valence electrons. The molecule has 3 nitrogen and oxygen atoms in total. The highest BCUT2D eigenvalue weighted by Crippen LogP contribution is 2.23. The first kappa shape index (κ1) is 19.4. The minimum Gasteiger partial charge on any atom is -0.355 e. The van der Waals surface area contributed by atoms with Gasteiger partial charge < -0.3 is 11.1 Å². The van der Waals surface area contributed by atoms with E-state index >= 15 is 0 Å². The summed E-state index contributed by atoms with van der Waals surface area (Å²) < 4.78 is 0. The normalized spacial score (nSPS) is 11.6. The van der Waals surface area contributed by atoms with E-state index < -0.39 is 0 Å². The quantitative estimate of drug-likeness (QED) is 0.502. The van der Waals surface area contributed by atoms with Crippen LogP contribution in [-0.2, 0) is 4.79 Å². The first-order valence-electron chi connectivity index (χ1n) is 8.61. The molecule has 0 aliphatic carbocycles. The first-order chi connectivity index (χ1) is 9.64. The van der Waals surface area contributed by atoms with E-state index in [0.717, 1.165) is 25.8 Å². The minimum atomic E-state index is 0.0931. The summed E-state index contributed by atoms with van der Waals surface area (Å²) in [7, 11) is 0. The topological polar surface area (TPSA) is 55.1 Å². The van der Waals surface area contributed by atoms with Crippen LogP contribution in [-0.4, -0.2) is 19.0 Å². The molecule has 0 saturated carbocycles. The summed E-state index contributed by atoms with van der Waals surface area (Å²) >= 11 is 0. The number of nitrogens with two attached hydrogens (primary N) is 1. The van der Waals surface area contributed by atoms with Crippen LogP contribution >= 0.6 is 0 Å². The van der Waals surface area contributed by atoms with E-state index in [1.807, 2.05) is 0 Å². The molecule has 1 amide bonds. The van der Waals surface area contributed by atoms with E-state index in [-0.39, 0.29) is 11.3 Å². The Hall–Kier alpha value is -0.570. The van der Waals surface area contributed by atoms with Gasteiger partial charge in [0.1, 0.15) is 0 Å². The molecule has 0 atom stereocenters. The van der Waals surface area contributed by atoms with Gasteiger partial charge >= 0.3 is 0 Å². The van der Waals surface area contributed by atoms with Gasteiger partial charge in [0, 0.05) is 13.0 Å². The van der Waals surface area contributed by atoms with Crippen LogP contribution in [0.2, 0.25) is 0 Å². The Kier molecular flexibility index (Phi) is 11.8. The molecule has 0 aromatic carbocycles. The number of hydrogen-bond acceptors (Lipinski definition) is 2. The fourth-order valence-corrected chi connectivity index (χ4v) is 2.48. The molecule has 0 saturated heterocycles. The lowest BCUT2D eigenvalue weighted by Crippen LogP contribution is -2.41. The average molecular weight is 284 g/mol. The van der Waals surface area contributed by atoms with Crippen molar-refractivity contribution >= 4 is 5.91 Å². The molecule has 0 bridgehead atoms. The van der Waals surface area contributed by atoms with Crippen molar-refractivity contribution in [2.24, 2.45) is 11.1 Å². The van der Waals surface area contributed by atoms with Crippen LogP contribution in [0.3, 0.4) is 0 Å². The van der Waals surface area contributed by atoms with Gasteiger partial charge in [0.15, 0.2) is 0 Å². The number of amides is 1. The van der Waals surface area contributed by atoms with Crippen molar-refractivity contribution in [3.8, 4) is 0 Å². The second-order valence-corrected chi connectivity index (χ2v) is 6.06. The fraction of sp³-hybridized carbons (Fsp3) is 0.941. The minimum absolute atomic E-state index is 0.0931. The summed E-state index contributed by atoms with van der Waals surface area (Å²) in [5, 5.41) is 3.07. The van der Waals surface area contributed by atoms with Crippen LogP contribution in [0.15, 0.2) is 0 Å². The summed E-state index contributed by atoms with van der Waals surface area (Å²) in [4.78, 5) is 11.8. The van der Waals surface area contributed by atoms with Crippen molar-refractivity contribution in [1.82, 2.24) is 5.32 Å². The Balaban J connectivity index is 3.63. The Bertz CT molecular complexity index is 229. The Morgan fingerprint density at radius 2 is 1.50 bits per heavy atom. The van der Waals surface area contributed by atoms with Gasteiger partial charge in [0.2, 0.25) is 5.91 Å². The van der Waals surface area contributed by atoms with Gasteiger partial charge in [-0.3, -0.25) is 4.79 Å². The smallest absolute Gasteiger partial charge is 0.220 e.